The SMILES string of the molecule is CCN1CCN(c2ncc(N3CCC(C(=O)NCCC4=CCCCC4)CC3)cn2)CC1. The first-order valence-corrected chi connectivity index (χ1v) is 12.2. The number of aromatic nitrogens is 2. The Labute approximate surface area is 186 Å². The van der Waals surface area contributed by atoms with Crippen LogP contribution < -0.4 is 15.1 Å². The van der Waals surface area contributed by atoms with Gasteiger partial charge in [-0.05, 0) is 51.5 Å². The number of amides is 1. The summed E-state index contributed by atoms with van der Waals surface area (Å²) >= 11 is 0. The molecule has 1 aromatic rings. The zero-order valence-electron chi connectivity index (χ0n) is 19.1. The van der Waals surface area contributed by atoms with E-state index in [4.69, 9.17) is 0 Å². The fourth-order valence-electron chi connectivity index (χ4n) is 4.93. The van der Waals surface area contributed by atoms with Crippen LogP contribution in [0.1, 0.15) is 51.9 Å². The van der Waals surface area contributed by atoms with Gasteiger partial charge in [0.1, 0.15) is 0 Å². The zero-order chi connectivity index (χ0) is 21.5. The average molecular weight is 427 g/mol. The predicted octanol–water partition coefficient (Wildman–Crippen LogP) is 2.84. The normalized spacial score (nSPS) is 21.1. The number of piperazine rings is 1. The molecule has 0 spiro atoms. The van der Waals surface area contributed by atoms with Gasteiger partial charge in [0.2, 0.25) is 11.9 Å². The van der Waals surface area contributed by atoms with E-state index in [0.29, 0.717) is 0 Å². The molecule has 0 aromatic carbocycles. The van der Waals surface area contributed by atoms with Crippen LogP contribution >= 0.6 is 0 Å². The molecule has 0 unspecified atom stereocenters. The second kappa shape index (κ2) is 10.9. The maximum absolute atomic E-state index is 12.6. The van der Waals surface area contributed by atoms with Gasteiger partial charge in [-0.25, -0.2) is 9.97 Å². The molecule has 170 valence electrons. The van der Waals surface area contributed by atoms with Crippen molar-refractivity contribution in [3.05, 3.63) is 24.0 Å². The number of piperidine rings is 1. The van der Waals surface area contributed by atoms with Crippen LogP contribution in [0.25, 0.3) is 0 Å². The summed E-state index contributed by atoms with van der Waals surface area (Å²) in [6.45, 7) is 10.0. The fourth-order valence-corrected chi connectivity index (χ4v) is 4.93. The average Bonchev–Trinajstić information content (AvgIpc) is 2.85. The van der Waals surface area contributed by atoms with Crippen LogP contribution in [-0.4, -0.2) is 73.1 Å². The van der Waals surface area contributed by atoms with E-state index < -0.39 is 0 Å². The Kier molecular flexibility index (Phi) is 7.78. The first-order chi connectivity index (χ1) is 15.2. The fraction of sp³-hybridized carbons (Fsp3) is 0.708. The molecule has 2 fully saturated rings. The van der Waals surface area contributed by atoms with E-state index in [0.717, 1.165) is 83.3 Å². The summed E-state index contributed by atoms with van der Waals surface area (Å²) < 4.78 is 0. The van der Waals surface area contributed by atoms with Crippen molar-refractivity contribution < 1.29 is 4.79 Å². The first kappa shape index (κ1) is 22.1. The molecule has 2 saturated heterocycles. The molecule has 1 N–H and O–H groups in total. The molecular formula is C24H38N6O. The van der Waals surface area contributed by atoms with Gasteiger partial charge in [0.05, 0.1) is 18.1 Å². The molecule has 2 aliphatic heterocycles. The molecule has 7 nitrogen and oxygen atoms in total. The number of nitrogens with zero attached hydrogens (tertiary/aromatic N) is 5. The van der Waals surface area contributed by atoms with Crippen LogP contribution in [0.15, 0.2) is 24.0 Å². The number of allylic oxidation sites excluding steroid dienone is 1. The van der Waals surface area contributed by atoms with Gasteiger partial charge in [-0.3, -0.25) is 4.79 Å². The summed E-state index contributed by atoms with van der Waals surface area (Å²) in [5.74, 6) is 1.20. The number of nitrogens with one attached hydrogen (secondary N) is 1. The maximum Gasteiger partial charge on any atom is 0.225 e. The van der Waals surface area contributed by atoms with Crippen LogP contribution in [0.2, 0.25) is 0 Å². The first-order valence-electron chi connectivity index (χ1n) is 12.2. The minimum absolute atomic E-state index is 0.131. The lowest BCUT2D eigenvalue weighted by atomic mass is 9.95. The summed E-state index contributed by atoms with van der Waals surface area (Å²) in [5, 5.41) is 3.17. The molecule has 7 heteroatoms. The Bertz CT molecular complexity index is 733. The Morgan fingerprint density at radius 2 is 1.77 bits per heavy atom. The van der Waals surface area contributed by atoms with E-state index >= 15 is 0 Å². The van der Waals surface area contributed by atoms with E-state index in [1.807, 2.05) is 12.4 Å². The van der Waals surface area contributed by atoms with E-state index in [9.17, 15) is 4.79 Å². The molecule has 3 aliphatic rings. The lowest BCUT2D eigenvalue weighted by molar-refractivity contribution is -0.125. The molecule has 0 bridgehead atoms. The van der Waals surface area contributed by atoms with Crippen molar-refractivity contribution >= 4 is 17.5 Å². The van der Waals surface area contributed by atoms with E-state index in [2.05, 4.69) is 43.0 Å². The van der Waals surface area contributed by atoms with Crippen LogP contribution in [0.5, 0.6) is 0 Å². The van der Waals surface area contributed by atoms with Crippen molar-refractivity contribution in [3.63, 3.8) is 0 Å². The topological polar surface area (TPSA) is 64.6 Å². The minimum atomic E-state index is 0.131. The van der Waals surface area contributed by atoms with Gasteiger partial charge in [-0.2, -0.15) is 0 Å². The van der Waals surface area contributed by atoms with Crippen LogP contribution in [0.3, 0.4) is 0 Å². The van der Waals surface area contributed by atoms with Crippen molar-refractivity contribution in [1.29, 1.82) is 0 Å². The predicted molar refractivity (Wildman–Crippen MR) is 125 cm³/mol. The van der Waals surface area contributed by atoms with Crippen molar-refractivity contribution in [2.24, 2.45) is 5.92 Å². The van der Waals surface area contributed by atoms with Crippen molar-refractivity contribution in [2.75, 3.05) is 62.2 Å². The maximum atomic E-state index is 12.6. The monoisotopic (exact) mass is 426 g/mol. The van der Waals surface area contributed by atoms with Crippen molar-refractivity contribution in [2.45, 2.75) is 51.9 Å². The Hall–Kier alpha value is -2.15. The molecule has 31 heavy (non-hydrogen) atoms. The lowest BCUT2D eigenvalue weighted by Gasteiger charge is -2.35. The molecule has 0 saturated carbocycles. The summed E-state index contributed by atoms with van der Waals surface area (Å²) in [6, 6.07) is 0. The Morgan fingerprint density at radius 1 is 1.03 bits per heavy atom. The third-order valence-corrected chi connectivity index (χ3v) is 7.09. The highest BCUT2D eigenvalue weighted by atomic mass is 16.1. The number of anilines is 2. The number of likely N-dealkylation sites (N-methyl/N-ethyl adjacent to an activating group) is 1. The number of carbonyl (C=O) groups is 1. The van der Waals surface area contributed by atoms with E-state index in [-0.39, 0.29) is 11.8 Å². The summed E-state index contributed by atoms with van der Waals surface area (Å²) in [4.78, 5) is 28.9. The molecular weight excluding hydrogens is 388 g/mol. The smallest absolute Gasteiger partial charge is 0.225 e. The second-order valence-corrected chi connectivity index (χ2v) is 9.07. The van der Waals surface area contributed by atoms with Gasteiger partial charge in [0.15, 0.2) is 0 Å². The van der Waals surface area contributed by atoms with Gasteiger partial charge < -0.3 is 20.0 Å². The standard InChI is InChI=1S/C24H38N6O/c1-2-28-14-16-30(17-15-28)24-26-18-22(19-27-24)29-12-9-21(10-13-29)23(31)25-11-8-20-6-4-3-5-7-20/h6,18-19,21H,2-5,7-17H2,1H3,(H,25,31). The number of carbonyl (C=O) groups excluding carboxylic acids is 1. The van der Waals surface area contributed by atoms with Crippen molar-refractivity contribution in [1.82, 2.24) is 20.2 Å². The lowest BCUT2D eigenvalue weighted by Crippen LogP contribution is -2.46. The molecule has 0 atom stereocenters. The third kappa shape index (κ3) is 5.97. The molecule has 4 rings (SSSR count). The Balaban J connectivity index is 1.19. The Morgan fingerprint density at radius 3 is 2.42 bits per heavy atom. The largest absolute Gasteiger partial charge is 0.369 e. The number of hydrogen-bond donors (Lipinski definition) is 1. The summed E-state index contributed by atoms with van der Waals surface area (Å²) in [7, 11) is 0. The van der Waals surface area contributed by atoms with Gasteiger partial charge in [0, 0.05) is 51.7 Å². The van der Waals surface area contributed by atoms with Crippen LogP contribution in [0, 0.1) is 5.92 Å². The molecule has 1 aromatic heterocycles. The van der Waals surface area contributed by atoms with Gasteiger partial charge in [-0.15, -0.1) is 0 Å². The van der Waals surface area contributed by atoms with Gasteiger partial charge in [0.25, 0.3) is 0 Å². The van der Waals surface area contributed by atoms with Crippen molar-refractivity contribution in [3.8, 4) is 0 Å². The number of rotatable bonds is 7. The van der Waals surface area contributed by atoms with Gasteiger partial charge in [-0.1, -0.05) is 18.6 Å². The van der Waals surface area contributed by atoms with E-state index in [1.165, 1.54) is 31.3 Å². The molecule has 1 aliphatic carbocycles. The quantitative estimate of drug-likeness (QED) is 0.677. The number of hydrogen-bond acceptors (Lipinski definition) is 6. The zero-order valence-corrected chi connectivity index (χ0v) is 19.1. The highest BCUT2D eigenvalue weighted by Gasteiger charge is 2.25. The van der Waals surface area contributed by atoms with Crippen LogP contribution in [-0.2, 0) is 4.79 Å². The third-order valence-electron chi connectivity index (χ3n) is 7.09. The summed E-state index contributed by atoms with van der Waals surface area (Å²) in [6.07, 6.45) is 14.1. The highest BCUT2D eigenvalue weighted by Crippen LogP contribution is 2.24. The molecule has 0 radical (unpaired) electrons. The highest BCUT2D eigenvalue weighted by molar-refractivity contribution is 5.79. The van der Waals surface area contributed by atoms with E-state index in [1.54, 1.807) is 0 Å². The molecule has 1 amide bonds. The van der Waals surface area contributed by atoms with Gasteiger partial charge >= 0.3 is 0 Å². The van der Waals surface area contributed by atoms with Crippen LogP contribution in [0.4, 0.5) is 11.6 Å². The second-order valence-electron chi connectivity index (χ2n) is 9.07. The molecule has 3 heterocycles. The minimum Gasteiger partial charge on any atom is -0.369 e. The summed E-state index contributed by atoms with van der Waals surface area (Å²) in [5.41, 5.74) is 2.59.